The maximum absolute atomic E-state index is 12.8. The number of nitrogens with one attached hydrogen (secondary N) is 1. The highest BCUT2D eigenvalue weighted by atomic mass is 19.4. The first kappa shape index (κ1) is 16.3. The first-order valence-electron chi connectivity index (χ1n) is 7.25. The smallest absolute Gasteiger partial charge is 0.382 e. The number of carbonyl (C=O) groups excluding carboxylic acids is 1. The molecule has 9 heteroatoms. The number of carbonyl (C=O) groups is 1. The Morgan fingerprint density at radius 3 is 2.71 bits per heavy atom. The van der Waals surface area contributed by atoms with Crippen molar-refractivity contribution < 1.29 is 22.7 Å². The molecule has 2 aromatic rings. The van der Waals surface area contributed by atoms with Gasteiger partial charge in [0, 0.05) is 6.54 Å². The predicted octanol–water partition coefficient (Wildman–Crippen LogP) is 2.06. The quantitative estimate of drug-likeness (QED) is 0.876. The van der Waals surface area contributed by atoms with Crippen LogP contribution < -0.4 is 5.73 Å². The summed E-state index contributed by atoms with van der Waals surface area (Å²) in [6.45, 7) is -0.672. The van der Waals surface area contributed by atoms with Crippen LogP contribution in [0.5, 0.6) is 0 Å². The molecule has 1 aromatic heterocycles. The van der Waals surface area contributed by atoms with E-state index in [1.807, 2.05) is 0 Å². The molecule has 24 heavy (non-hydrogen) atoms. The molecule has 3 N–H and O–H groups in total. The van der Waals surface area contributed by atoms with Crippen LogP contribution in [0.2, 0.25) is 0 Å². The van der Waals surface area contributed by atoms with Gasteiger partial charge in [-0.3, -0.25) is 9.89 Å². The fourth-order valence-corrected chi connectivity index (χ4v) is 2.60. The van der Waals surface area contributed by atoms with Gasteiger partial charge < -0.3 is 15.4 Å². The summed E-state index contributed by atoms with van der Waals surface area (Å²) in [5.41, 5.74) is 6.94. The van der Waals surface area contributed by atoms with Gasteiger partial charge in [-0.2, -0.15) is 18.3 Å². The molecule has 0 radical (unpaired) electrons. The molecular formula is C15H15F3N4O2. The Bertz CT molecular complexity index is 730. The number of hydrogen-bond donors (Lipinski definition) is 2. The number of halogens is 3. The number of rotatable bonds is 2. The lowest BCUT2D eigenvalue weighted by Crippen LogP contribution is -2.51. The van der Waals surface area contributed by atoms with Crippen LogP contribution in [-0.2, 0) is 4.74 Å². The van der Waals surface area contributed by atoms with Crippen molar-refractivity contribution in [1.82, 2.24) is 15.1 Å². The van der Waals surface area contributed by atoms with Crippen molar-refractivity contribution in [3.63, 3.8) is 0 Å². The van der Waals surface area contributed by atoms with Crippen molar-refractivity contribution in [2.24, 2.45) is 0 Å². The molecule has 1 aliphatic heterocycles. The van der Waals surface area contributed by atoms with Gasteiger partial charge in [0.25, 0.3) is 5.91 Å². The average molecular weight is 340 g/mol. The SMILES string of the molecule is Nc1n[nH]c(C(=O)N2CCO[C@@H](C(F)(F)F)C2)c1-c1ccccc1. The monoisotopic (exact) mass is 340 g/mol. The van der Waals surface area contributed by atoms with Crippen LogP contribution in [0.1, 0.15) is 10.5 Å². The van der Waals surface area contributed by atoms with Crippen molar-refractivity contribution in [1.29, 1.82) is 0 Å². The third-order valence-electron chi connectivity index (χ3n) is 3.79. The highest BCUT2D eigenvalue weighted by Crippen LogP contribution is 2.30. The zero-order valence-corrected chi connectivity index (χ0v) is 12.5. The van der Waals surface area contributed by atoms with Gasteiger partial charge in [0.15, 0.2) is 11.9 Å². The first-order chi connectivity index (χ1) is 11.4. The summed E-state index contributed by atoms with van der Waals surface area (Å²) in [5, 5.41) is 6.36. The Morgan fingerprint density at radius 2 is 2.04 bits per heavy atom. The van der Waals surface area contributed by atoms with E-state index in [-0.39, 0.29) is 24.7 Å². The van der Waals surface area contributed by atoms with Crippen molar-refractivity contribution in [2.45, 2.75) is 12.3 Å². The molecule has 1 atom stereocenters. The summed E-state index contributed by atoms with van der Waals surface area (Å²) in [5.74, 6) is -0.471. The van der Waals surface area contributed by atoms with Crippen molar-refractivity contribution in [3.05, 3.63) is 36.0 Å². The van der Waals surface area contributed by atoms with Gasteiger partial charge >= 0.3 is 6.18 Å². The Morgan fingerprint density at radius 1 is 1.33 bits per heavy atom. The molecule has 6 nitrogen and oxygen atoms in total. The van der Waals surface area contributed by atoms with Gasteiger partial charge in [0.1, 0.15) is 5.69 Å². The minimum Gasteiger partial charge on any atom is -0.382 e. The molecule has 2 heterocycles. The van der Waals surface area contributed by atoms with E-state index >= 15 is 0 Å². The van der Waals surface area contributed by atoms with E-state index in [0.29, 0.717) is 11.1 Å². The third kappa shape index (κ3) is 3.07. The number of H-pyrrole nitrogens is 1. The summed E-state index contributed by atoms with van der Waals surface area (Å²) in [7, 11) is 0. The van der Waals surface area contributed by atoms with Gasteiger partial charge in [-0.1, -0.05) is 30.3 Å². The van der Waals surface area contributed by atoms with E-state index in [2.05, 4.69) is 10.2 Å². The van der Waals surface area contributed by atoms with E-state index in [1.165, 1.54) is 0 Å². The number of alkyl halides is 3. The molecular weight excluding hydrogens is 325 g/mol. The summed E-state index contributed by atoms with van der Waals surface area (Å²) in [4.78, 5) is 13.8. The van der Waals surface area contributed by atoms with Crippen LogP contribution in [0, 0.1) is 0 Å². The second kappa shape index (κ2) is 6.16. The lowest BCUT2D eigenvalue weighted by Gasteiger charge is -2.33. The minimum atomic E-state index is -4.52. The molecule has 0 bridgehead atoms. The van der Waals surface area contributed by atoms with Gasteiger partial charge in [0.2, 0.25) is 0 Å². The third-order valence-corrected chi connectivity index (χ3v) is 3.79. The maximum atomic E-state index is 12.8. The van der Waals surface area contributed by atoms with Gasteiger partial charge in [-0.15, -0.1) is 0 Å². The fraction of sp³-hybridized carbons (Fsp3) is 0.333. The van der Waals surface area contributed by atoms with Crippen LogP contribution >= 0.6 is 0 Å². The summed E-state index contributed by atoms with van der Waals surface area (Å²) in [6.07, 6.45) is -6.51. The number of ether oxygens (including phenoxy) is 1. The first-order valence-corrected chi connectivity index (χ1v) is 7.25. The molecule has 1 fully saturated rings. The highest BCUT2D eigenvalue weighted by molar-refractivity contribution is 6.01. The number of amides is 1. The number of aromatic amines is 1. The maximum Gasteiger partial charge on any atom is 0.416 e. The van der Waals surface area contributed by atoms with E-state index < -0.39 is 24.7 Å². The predicted molar refractivity (Wildman–Crippen MR) is 80.1 cm³/mol. The molecule has 1 amide bonds. The van der Waals surface area contributed by atoms with Crippen LogP contribution in [0.3, 0.4) is 0 Å². The number of morpholine rings is 1. The number of nitrogen functional groups attached to an aromatic ring is 1. The fourth-order valence-electron chi connectivity index (χ4n) is 2.60. The largest absolute Gasteiger partial charge is 0.416 e. The number of anilines is 1. The lowest BCUT2D eigenvalue weighted by atomic mass is 10.0. The summed E-state index contributed by atoms with van der Waals surface area (Å²) >= 11 is 0. The Kier molecular flexibility index (Phi) is 4.18. The van der Waals surface area contributed by atoms with E-state index in [4.69, 9.17) is 10.5 Å². The molecule has 1 aliphatic rings. The molecule has 128 valence electrons. The average Bonchev–Trinajstić information content (AvgIpc) is 2.96. The highest BCUT2D eigenvalue weighted by Gasteiger charge is 2.44. The number of benzene rings is 1. The van der Waals surface area contributed by atoms with Gasteiger partial charge in [-0.05, 0) is 5.56 Å². The van der Waals surface area contributed by atoms with Crippen LogP contribution in [0.15, 0.2) is 30.3 Å². The normalized spacial score (nSPS) is 18.6. The van der Waals surface area contributed by atoms with Gasteiger partial charge in [0.05, 0.1) is 18.7 Å². The molecule has 0 aliphatic carbocycles. The van der Waals surface area contributed by atoms with E-state index in [1.54, 1.807) is 30.3 Å². The zero-order chi connectivity index (χ0) is 17.3. The zero-order valence-electron chi connectivity index (χ0n) is 12.5. The topological polar surface area (TPSA) is 84.2 Å². The Hall–Kier alpha value is -2.55. The van der Waals surface area contributed by atoms with Gasteiger partial charge in [-0.25, -0.2) is 0 Å². The van der Waals surface area contributed by atoms with Crippen LogP contribution in [0.4, 0.5) is 19.0 Å². The lowest BCUT2D eigenvalue weighted by molar-refractivity contribution is -0.233. The van der Waals surface area contributed by atoms with E-state index in [0.717, 1.165) is 4.90 Å². The van der Waals surface area contributed by atoms with Crippen molar-refractivity contribution in [2.75, 3.05) is 25.4 Å². The second-order valence-electron chi connectivity index (χ2n) is 5.38. The molecule has 0 unspecified atom stereocenters. The molecule has 1 aromatic carbocycles. The minimum absolute atomic E-state index is 0.0680. The number of nitrogens with zero attached hydrogens (tertiary/aromatic N) is 2. The molecule has 0 saturated carbocycles. The van der Waals surface area contributed by atoms with Crippen LogP contribution in [0.25, 0.3) is 11.1 Å². The van der Waals surface area contributed by atoms with Crippen molar-refractivity contribution in [3.8, 4) is 11.1 Å². The van der Waals surface area contributed by atoms with Crippen LogP contribution in [-0.4, -0.2) is 53.0 Å². The number of aromatic nitrogens is 2. The Labute approximate surface area is 135 Å². The second-order valence-corrected chi connectivity index (χ2v) is 5.38. The number of hydrogen-bond acceptors (Lipinski definition) is 4. The summed E-state index contributed by atoms with van der Waals surface area (Å²) in [6, 6.07) is 8.83. The standard InChI is InChI=1S/C15H15F3N4O2/c16-15(17,18)10-8-22(6-7-24-10)14(23)12-11(13(19)21-20-12)9-4-2-1-3-5-9/h1-5,10H,6-8H2,(H3,19,20,21)/t10-/m1/s1. The molecule has 0 spiro atoms. The molecule has 1 saturated heterocycles. The Balaban J connectivity index is 1.89. The number of nitrogens with two attached hydrogens (primary N) is 1. The van der Waals surface area contributed by atoms with E-state index in [9.17, 15) is 18.0 Å². The molecule has 3 rings (SSSR count). The summed E-state index contributed by atoms with van der Waals surface area (Å²) < 4.78 is 43.2. The van der Waals surface area contributed by atoms with Crippen molar-refractivity contribution >= 4 is 11.7 Å².